The average Bonchev–Trinajstić information content (AvgIpc) is 2.54. The number of rotatable bonds is 4. The molecule has 0 saturated heterocycles. The predicted molar refractivity (Wildman–Crippen MR) is 87.6 cm³/mol. The van der Waals surface area contributed by atoms with Gasteiger partial charge in [-0.2, -0.15) is 0 Å². The molecular weight excluding hydrogens is 418 g/mol. The summed E-state index contributed by atoms with van der Waals surface area (Å²) in [5.74, 6) is 0. The Morgan fingerprint density at radius 1 is 0.640 bits per heavy atom. The second-order valence-corrected chi connectivity index (χ2v) is 7.66. The molecular formula is C16H18O6S2Zn. The van der Waals surface area contributed by atoms with Crippen LogP contribution in [0.3, 0.4) is 0 Å². The molecule has 0 amide bonds. The summed E-state index contributed by atoms with van der Waals surface area (Å²) in [6.45, 7) is 3.92. The van der Waals surface area contributed by atoms with Gasteiger partial charge in [0.1, 0.15) is 20.2 Å². The van der Waals surface area contributed by atoms with E-state index in [9.17, 15) is 25.9 Å². The summed E-state index contributed by atoms with van der Waals surface area (Å²) in [4.78, 5) is -0.334. The second-order valence-electron chi connectivity index (χ2n) is 4.90. The van der Waals surface area contributed by atoms with Gasteiger partial charge in [-0.15, -0.1) is 0 Å². The van der Waals surface area contributed by atoms with Gasteiger partial charge in [0.15, 0.2) is 0 Å². The molecule has 0 saturated carbocycles. The topological polar surface area (TPSA) is 114 Å². The zero-order valence-electron chi connectivity index (χ0n) is 14.0. The van der Waals surface area contributed by atoms with E-state index in [1.807, 2.05) is 13.8 Å². The van der Waals surface area contributed by atoms with E-state index in [2.05, 4.69) is 0 Å². The maximum Gasteiger partial charge on any atom is 2.00 e. The number of hydrogen-bond acceptors (Lipinski definition) is 6. The molecule has 2 aromatic carbocycles. The molecule has 0 heterocycles. The van der Waals surface area contributed by atoms with Crippen LogP contribution >= 0.6 is 0 Å². The quantitative estimate of drug-likeness (QED) is 0.537. The van der Waals surface area contributed by atoms with Gasteiger partial charge in [-0.05, 0) is 48.2 Å². The predicted octanol–water partition coefficient (Wildman–Crippen LogP) is 2.30. The first kappa shape index (κ1) is 23.9. The molecule has 0 aliphatic carbocycles. The average molecular weight is 436 g/mol. The van der Waals surface area contributed by atoms with E-state index >= 15 is 0 Å². The van der Waals surface area contributed by atoms with Gasteiger partial charge in [0.25, 0.3) is 0 Å². The number of hydrogen-bond donors (Lipinski definition) is 0. The van der Waals surface area contributed by atoms with Crippen LogP contribution in [-0.4, -0.2) is 25.9 Å². The zero-order valence-corrected chi connectivity index (χ0v) is 18.6. The van der Waals surface area contributed by atoms with Crippen molar-refractivity contribution in [1.82, 2.24) is 0 Å². The van der Waals surface area contributed by atoms with Gasteiger partial charge >= 0.3 is 19.5 Å². The molecule has 132 valence electrons. The maximum absolute atomic E-state index is 10.5. The Labute approximate surface area is 161 Å². The molecule has 0 N–H and O–H groups in total. The Morgan fingerprint density at radius 3 is 1.04 bits per heavy atom. The van der Waals surface area contributed by atoms with Crippen molar-refractivity contribution in [2.75, 3.05) is 0 Å². The molecule has 0 spiro atoms. The van der Waals surface area contributed by atoms with Crippen LogP contribution in [0.15, 0.2) is 58.3 Å². The van der Waals surface area contributed by atoms with Crippen LogP contribution in [0.4, 0.5) is 0 Å². The van der Waals surface area contributed by atoms with Gasteiger partial charge in [-0.3, -0.25) is 0 Å². The first-order valence-corrected chi connectivity index (χ1v) is 9.99. The van der Waals surface area contributed by atoms with Gasteiger partial charge < -0.3 is 9.11 Å². The smallest absolute Gasteiger partial charge is 0.744 e. The summed E-state index contributed by atoms with van der Waals surface area (Å²) in [5.41, 5.74) is 2.03. The van der Waals surface area contributed by atoms with E-state index in [0.717, 1.165) is 24.0 Å². The number of benzene rings is 2. The Morgan fingerprint density at radius 2 is 0.880 bits per heavy atom. The van der Waals surface area contributed by atoms with E-state index in [0.29, 0.717) is 0 Å². The molecule has 0 aliphatic rings. The van der Waals surface area contributed by atoms with E-state index in [4.69, 9.17) is 0 Å². The maximum atomic E-state index is 10.5. The molecule has 0 aliphatic heterocycles. The Kier molecular flexibility index (Phi) is 9.68. The van der Waals surface area contributed by atoms with Crippen molar-refractivity contribution in [2.45, 2.75) is 36.5 Å². The van der Waals surface area contributed by atoms with Crippen LogP contribution in [0.5, 0.6) is 0 Å². The molecule has 0 atom stereocenters. The molecule has 25 heavy (non-hydrogen) atoms. The van der Waals surface area contributed by atoms with Gasteiger partial charge in [-0.25, -0.2) is 16.8 Å². The molecule has 0 radical (unpaired) electrons. The number of aryl methyl sites for hydroxylation is 2. The molecule has 0 fully saturated rings. The molecule has 6 nitrogen and oxygen atoms in total. The molecule has 2 rings (SSSR count). The fraction of sp³-hybridized carbons (Fsp3) is 0.250. The third-order valence-electron chi connectivity index (χ3n) is 3.24. The summed E-state index contributed by atoms with van der Waals surface area (Å²) in [5, 5.41) is 0. The summed E-state index contributed by atoms with van der Waals surface area (Å²) >= 11 is 0. The van der Waals surface area contributed by atoms with Crippen molar-refractivity contribution in [3.8, 4) is 0 Å². The molecule has 9 heteroatoms. The van der Waals surface area contributed by atoms with Crippen LogP contribution in [0.1, 0.15) is 25.0 Å². The molecule has 0 bridgehead atoms. The van der Waals surface area contributed by atoms with Crippen LogP contribution in [0, 0.1) is 0 Å². The SMILES string of the molecule is CCc1ccc(S(=O)(=O)[O-])cc1.CCc1ccc(S(=O)(=O)[O-])cc1.[Zn+2]. The van der Waals surface area contributed by atoms with Gasteiger partial charge in [-0.1, -0.05) is 38.1 Å². The fourth-order valence-corrected chi connectivity index (χ4v) is 2.72. The van der Waals surface area contributed by atoms with Gasteiger partial charge in [0, 0.05) is 0 Å². The zero-order chi connectivity index (χ0) is 18.4. The van der Waals surface area contributed by atoms with E-state index in [-0.39, 0.29) is 29.3 Å². The van der Waals surface area contributed by atoms with Gasteiger partial charge in [0.2, 0.25) is 0 Å². The fourth-order valence-electron chi connectivity index (χ4n) is 1.78. The van der Waals surface area contributed by atoms with Crippen molar-refractivity contribution in [1.29, 1.82) is 0 Å². The Balaban J connectivity index is 0.000000443. The summed E-state index contributed by atoms with van der Waals surface area (Å²) < 4.78 is 62.9. The van der Waals surface area contributed by atoms with Crippen molar-refractivity contribution in [3.63, 3.8) is 0 Å². The minimum absolute atomic E-state index is 0. The normalized spacial score (nSPS) is 11.0. The van der Waals surface area contributed by atoms with Crippen LogP contribution in [0.2, 0.25) is 0 Å². The van der Waals surface area contributed by atoms with Crippen molar-refractivity contribution in [3.05, 3.63) is 59.7 Å². The molecule has 0 aromatic heterocycles. The molecule has 0 unspecified atom stereocenters. The second kappa shape index (κ2) is 10.1. The Hall–Kier alpha value is -1.12. The van der Waals surface area contributed by atoms with Crippen LogP contribution in [0.25, 0.3) is 0 Å². The largest absolute Gasteiger partial charge is 2.00 e. The van der Waals surface area contributed by atoms with E-state index in [1.165, 1.54) is 24.3 Å². The minimum Gasteiger partial charge on any atom is -0.744 e. The van der Waals surface area contributed by atoms with Crippen molar-refractivity contribution in [2.24, 2.45) is 0 Å². The van der Waals surface area contributed by atoms with Crippen molar-refractivity contribution >= 4 is 20.2 Å². The first-order chi connectivity index (χ1) is 11.1. The third kappa shape index (κ3) is 8.20. The van der Waals surface area contributed by atoms with E-state index < -0.39 is 20.2 Å². The standard InChI is InChI=1S/2C8H10O3S.Zn/c2*1-2-7-3-5-8(6-4-7)12(9,10)11;/h2*3-6H,2H2,1H3,(H,9,10,11);/q;;+2/p-2. The van der Waals surface area contributed by atoms with Gasteiger partial charge in [0.05, 0.1) is 9.79 Å². The monoisotopic (exact) mass is 434 g/mol. The molecule has 2 aromatic rings. The summed E-state index contributed by atoms with van der Waals surface area (Å²) in [7, 11) is -8.56. The minimum atomic E-state index is -4.28. The first-order valence-electron chi connectivity index (χ1n) is 7.17. The Bertz CT molecular complexity index is 782. The van der Waals surface area contributed by atoms with Crippen LogP contribution in [-0.2, 0) is 52.6 Å². The van der Waals surface area contributed by atoms with E-state index in [1.54, 1.807) is 24.3 Å². The summed E-state index contributed by atoms with van der Waals surface area (Å²) in [6.07, 6.45) is 1.67. The summed E-state index contributed by atoms with van der Waals surface area (Å²) in [6, 6.07) is 11.9. The van der Waals surface area contributed by atoms with Crippen molar-refractivity contribution < 1.29 is 45.4 Å². The third-order valence-corrected chi connectivity index (χ3v) is 4.94. The van der Waals surface area contributed by atoms with Crippen LogP contribution < -0.4 is 0 Å².